The Morgan fingerprint density at radius 3 is 2.84 bits per heavy atom. The molecule has 0 bridgehead atoms. The lowest BCUT2D eigenvalue weighted by Crippen LogP contribution is -1.99. The summed E-state index contributed by atoms with van der Waals surface area (Å²) in [7, 11) is 1.50. The lowest BCUT2D eigenvalue weighted by atomic mass is 10.2. The van der Waals surface area contributed by atoms with Crippen LogP contribution in [-0.2, 0) is 6.61 Å². The van der Waals surface area contributed by atoms with Crippen LogP contribution in [0.3, 0.4) is 0 Å². The Morgan fingerprint density at radius 1 is 1.47 bits per heavy atom. The minimum Gasteiger partial charge on any atom is -0.493 e. The highest BCUT2D eigenvalue weighted by molar-refractivity contribution is 7.09. The number of rotatable bonds is 5. The molecule has 2 aromatic rings. The van der Waals surface area contributed by atoms with E-state index in [1.165, 1.54) is 7.11 Å². The number of nitrogens with zero attached hydrogens (tertiary/aromatic N) is 1. The second kappa shape index (κ2) is 6.04. The lowest BCUT2D eigenvalue weighted by Gasteiger charge is -2.12. The SMILES string of the molecule is COc1cc(C=O)cc(Cl)c1OCc1csc(C)n1. The van der Waals surface area contributed by atoms with Gasteiger partial charge in [-0.1, -0.05) is 11.6 Å². The van der Waals surface area contributed by atoms with Crippen LogP contribution in [0, 0.1) is 6.92 Å². The van der Waals surface area contributed by atoms with Crippen molar-refractivity contribution < 1.29 is 14.3 Å². The third-order valence-corrected chi connectivity index (χ3v) is 3.52. The van der Waals surface area contributed by atoms with Crippen molar-refractivity contribution in [1.29, 1.82) is 0 Å². The molecule has 100 valence electrons. The van der Waals surface area contributed by atoms with Gasteiger partial charge in [0.05, 0.1) is 22.8 Å². The van der Waals surface area contributed by atoms with Crippen LogP contribution in [0.2, 0.25) is 5.02 Å². The molecule has 0 amide bonds. The summed E-state index contributed by atoms with van der Waals surface area (Å²) in [6.07, 6.45) is 0.710. The molecule has 1 aromatic heterocycles. The average Bonchev–Trinajstić information content (AvgIpc) is 2.82. The largest absolute Gasteiger partial charge is 0.493 e. The molecule has 19 heavy (non-hydrogen) atoms. The van der Waals surface area contributed by atoms with Crippen LogP contribution in [0.25, 0.3) is 0 Å². The van der Waals surface area contributed by atoms with Gasteiger partial charge in [0.1, 0.15) is 12.9 Å². The minimum absolute atomic E-state index is 0.306. The molecule has 0 fully saturated rings. The summed E-state index contributed by atoms with van der Waals surface area (Å²) in [4.78, 5) is 15.1. The monoisotopic (exact) mass is 297 g/mol. The summed E-state index contributed by atoms with van der Waals surface area (Å²) >= 11 is 7.64. The highest BCUT2D eigenvalue weighted by atomic mass is 35.5. The minimum atomic E-state index is 0.306. The molecule has 6 heteroatoms. The molecule has 0 N–H and O–H groups in total. The van der Waals surface area contributed by atoms with E-state index in [1.54, 1.807) is 23.5 Å². The van der Waals surface area contributed by atoms with E-state index in [4.69, 9.17) is 21.1 Å². The third kappa shape index (κ3) is 3.24. The van der Waals surface area contributed by atoms with Gasteiger partial charge in [-0.05, 0) is 19.1 Å². The molecule has 0 radical (unpaired) electrons. The van der Waals surface area contributed by atoms with E-state index in [1.807, 2.05) is 12.3 Å². The Balaban J connectivity index is 2.21. The zero-order chi connectivity index (χ0) is 13.8. The maximum absolute atomic E-state index is 10.8. The Hall–Kier alpha value is -1.59. The number of halogens is 1. The summed E-state index contributed by atoms with van der Waals surface area (Å²) in [5, 5.41) is 3.25. The summed E-state index contributed by atoms with van der Waals surface area (Å²) in [6.45, 7) is 2.24. The fourth-order valence-corrected chi connectivity index (χ4v) is 2.44. The van der Waals surface area contributed by atoms with Crippen LogP contribution >= 0.6 is 22.9 Å². The first-order valence-electron chi connectivity index (χ1n) is 5.50. The predicted molar refractivity (Wildman–Crippen MR) is 74.6 cm³/mol. The van der Waals surface area contributed by atoms with Crippen LogP contribution in [0.4, 0.5) is 0 Å². The fraction of sp³-hybridized carbons (Fsp3) is 0.231. The van der Waals surface area contributed by atoms with Crippen LogP contribution < -0.4 is 9.47 Å². The fourth-order valence-electron chi connectivity index (χ4n) is 1.57. The van der Waals surface area contributed by atoms with Gasteiger partial charge >= 0.3 is 0 Å². The van der Waals surface area contributed by atoms with E-state index in [0.29, 0.717) is 35.0 Å². The molecular weight excluding hydrogens is 286 g/mol. The van der Waals surface area contributed by atoms with Crippen LogP contribution in [0.1, 0.15) is 21.1 Å². The number of aryl methyl sites for hydroxylation is 1. The van der Waals surface area contributed by atoms with Crippen molar-refractivity contribution in [3.63, 3.8) is 0 Å². The van der Waals surface area contributed by atoms with Crippen molar-refractivity contribution in [2.45, 2.75) is 13.5 Å². The van der Waals surface area contributed by atoms with Gasteiger partial charge < -0.3 is 9.47 Å². The number of benzene rings is 1. The van der Waals surface area contributed by atoms with Gasteiger partial charge in [0.25, 0.3) is 0 Å². The van der Waals surface area contributed by atoms with Gasteiger partial charge in [0.2, 0.25) is 0 Å². The predicted octanol–water partition coefficient (Wildman–Crippen LogP) is 3.51. The van der Waals surface area contributed by atoms with E-state index < -0.39 is 0 Å². The normalized spacial score (nSPS) is 10.3. The zero-order valence-corrected chi connectivity index (χ0v) is 12.0. The molecule has 0 unspecified atom stereocenters. The summed E-state index contributed by atoms with van der Waals surface area (Å²) in [5.74, 6) is 0.849. The first-order valence-corrected chi connectivity index (χ1v) is 6.76. The summed E-state index contributed by atoms with van der Waals surface area (Å²) in [5.41, 5.74) is 1.28. The maximum Gasteiger partial charge on any atom is 0.180 e. The van der Waals surface area contributed by atoms with E-state index in [9.17, 15) is 4.79 Å². The number of methoxy groups -OCH3 is 1. The van der Waals surface area contributed by atoms with Gasteiger partial charge in [0.15, 0.2) is 11.5 Å². The molecule has 4 nitrogen and oxygen atoms in total. The average molecular weight is 298 g/mol. The van der Waals surface area contributed by atoms with Crippen LogP contribution in [0.5, 0.6) is 11.5 Å². The third-order valence-electron chi connectivity index (χ3n) is 2.42. The number of aromatic nitrogens is 1. The molecule has 1 heterocycles. The lowest BCUT2D eigenvalue weighted by molar-refractivity contribution is 0.112. The van der Waals surface area contributed by atoms with Crippen molar-refractivity contribution in [2.75, 3.05) is 7.11 Å². The van der Waals surface area contributed by atoms with Gasteiger partial charge in [-0.15, -0.1) is 11.3 Å². The Kier molecular flexibility index (Phi) is 4.39. The number of carbonyl (C=O) groups excluding carboxylic acids is 1. The quantitative estimate of drug-likeness (QED) is 0.793. The van der Waals surface area contributed by atoms with Crippen molar-refractivity contribution in [3.05, 3.63) is 38.8 Å². The summed E-state index contributed by atoms with van der Waals surface area (Å²) in [6, 6.07) is 3.12. The number of ether oxygens (including phenoxy) is 2. The van der Waals surface area contributed by atoms with Crippen molar-refractivity contribution in [1.82, 2.24) is 4.98 Å². The zero-order valence-electron chi connectivity index (χ0n) is 10.5. The van der Waals surface area contributed by atoms with E-state index in [0.717, 1.165) is 10.7 Å². The Labute approximate surface area is 120 Å². The maximum atomic E-state index is 10.8. The number of thiazole rings is 1. The van der Waals surface area contributed by atoms with E-state index in [2.05, 4.69) is 4.98 Å². The number of aldehydes is 1. The van der Waals surface area contributed by atoms with E-state index >= 15 is 0 Å². The topological polar surface area (TPSA) is 48.4 Å². The Morgan fingerprint density at radius 2 is 2.26 bits per heavy atom. The first kappa shape index (κ1) is 13.8. The van der Waals surface area contributed by atoms with Crippen molar-refractivity contribution in [2.24, 2.45) is 0 Å². The molecule has 0 aliphatic carbocycles. The molecule has 0 saturated heterocycles. The Bertz CT molecular complexity index is 598. The van der Waals surface area contributed by atoms with Crippen molar-refractivity contribution in [3.8, 4) is 11.5 Å². The standard InChI is InChI=1S/C13H12ClNO3S/c1-8-15-10(7-19-8)6-18-13-11(14)3-9(5-16)4-12(13)17-2/h3-5,7H,6H2,1-2H3. The molecule has 0 spiro atoms. The molecule has 2 rings (SSSR count). The van der Waals surface area contributed by atoms with E-state index in [-0.39, 0.29) is 0 Å². The van der Waals surface area contributed by atoms with Crippen molar-refractivity contribution >= 4 is 29.2 Å². The van der Waals surface area contributed by atoms with Gasteiger partial charge in [0, 0.05) is 10.9 Å². The van der Waals surface area contributed by atoms with Gasteiger partial charge in [-0.3, -0.25) is 4.79 Å². The van der Waals surface area contributed by atoms with Crippen LogP contribution in [0.15, 0.2) is 17.5 Å². The number of hydrogen-bond donors (Lipinski definition) is 0. The van der Waals surface area contributed by atoms with Gasteiger partial charge in [-0.2, -0.15) is 0 Å². The second-order valence-electron chi connectivity index (χ2n) is 3.80. The smallest absolute Gasteiger partial charge is 0.180 e. The molecule has 0 aliphatic heterocycles. The number of carbonyl (C=O) groups is 1. The highest BCUT2D eigenvalue weighted by Gasteiger charge is 2.12. The molecule has 0 atom stereocenters. The second-order valence-corrected chi connectivity index (χ2v) is 5.27. The first-order chi connectivity index (χ1) is 9.13. The molecule has 1 aromatic carbocycles. The highest BCUT2D eigenvalue weighted by Crippen LogP contribution is 2.36. The van der Waals surface area contributed by atoms with Crippen LogP contribution in [-0.4, -0.2) is 18.4 Å². The molecular formula is C13H12ClNO3S. The summed E-state index contributed by atoms with van der Waals surface area (Å²) < 4.78 is 10.8. The molecule has 0 aliphatic rings. The number of hydrogen-bond acceptors (Lipinski definition) is 5. The van der Waals surface area contributed by atoms with Gasteiger partial charge in [-0.25, -0.2) is 4.98 Å². The molecule has 0 saturated carbocycles.